The van der Waals surface area contributed by atoms with Crippen LogP contribution in [0.15, 0.2) is 0 Å². The molecule has 0 bridgehead atoms. The smallest absolute Gasteiger partial charge is 0.248 e. The van der Waals surface area contributed by atoms with Gasteiger partial charge in [-0.1, -0.05) is 0 Å². The number of piperidine rings is 1. The lowest BCUT2D eigenvalue weighted by molar-refractivity contribution is -0.137. The predicted molar refractivity (Wildman–Crippen MR) is 72.3 cm³/mol. The molecule has 1 aliphatic rings. The number of hydrogen-bond acceptors (Lipinski definition) is 5. The molecule has 1 saturated heterocycles. The summed E-state index contributed by atoms with van der Waals surface area (Å²) in [5.41, 5.74) is 0. The van der Waals surface area contributed by atoms with E-state index in [1.165, 1.54) is 7.11 Å². The van der Waals surface area contributed by atoms with E-state index in [1.54, 1.807) is 12.0 Å². The van der Waals surface area contributed by atoms with E-state index in [4.69, 9.17) is 14.2 Å². The Morgan fingerprint density at radius 3 is 2.40 bits per heavy atom. The van der Waals surface area contributed by atoms with Crippen LogP contribution in [-0.4, -0.2) is 76.5 Å². The fourth-order valence-corrected chi connectivity index (χ4v) is 2.07. The highest BCUT2D eigenvalue weighted by molar-refractivity contribution is 5.78. The highest BCUT2D eigenvalue weighted by Gasteiger charge is 2.23. The van der Waals surface area contributed by atoms with Crippen LogP contribution < -0.4 is 5.32 Å². The summed E-state index contributed by atoms with van der Waals surface area (Å²) in [4.78, 5) is 25.0. The van der Waals surface area contributed by atoms with Crippen molar-refractivity contribution in [1.29, 1.82) is 0 Å². The van der Waals surface area contributed by atoms with Gasteiger partial charge in [-0.25, -0.2) is 0 Å². The van der Waals surface area contributed by atoms with Crippen LogP contribution in [0.2, 0.25) is 0 Å². The number of nitrogens with one attached hydrogen (secondary N) is 1. The molecule has 116 valence electrons. The number of hydrogen-bond donors (Lipinski definition) is 1. The van der Waals surface area contributed by atoms with Crippen LogP contribution in [0.5, 0.6) is 0 Å². The summed E-state index contributed by atoms with van der Waals surface area (Å²) in [6, 6.07) is 0.121. The molecule has 0 atom stereocenters. The van der Waals surface area contributed by atoms with E-state index in [1.807, 2.05) is 0 Å². The first-order valence-electron chi connectivity index (χ1n) is 6.80. The Bertz CT molecular complexity index is 303. The fraction of sp³-hybridized carbons (Fsp3) is 0.846. The van der Waals surface area contributed by atoms with Crippen molar-refractivity contribution in [1.82, 2.24) is 10.2 Å². The molecule has 0 unspecified atom stereocenters. The number of likely N-dealkylation sites (tertiary alicyclic amines) is 1. The highest BCUT2D eigenvalue weighted by atomic mass is 16.5. The minimum absolute atomic E-state index is 0.0113. The van der Waals surface area contributed by atoms with Crippen molar-refractivity contribution in [2.24, 2.45) is 0 Å². The topological polar surface area (TPSA) is 77.1 Å². The monoisotopic (exact) mass is 288 g/mol. The van der Waals surface area contributed by atoms with Crippen LogP contribution in [0.3, 0.4) is 0 Å². The molecule has 0 aliphatic carbocycles. The van der Waals surface area contributed by atoms with E-state index in [-0.39, 0.29) is 31.1 Å². The molecule has 1 rings (SSSR count). The molecular weight excluding hydrogens is 264 g/mol. The number of rotatable bonds is 8. The maximum absolute atomic E-state index is 11.8. The lowest BCUT2D eigenvalue weighted by Crippen LogP contribution is -2.48. The van der Waals surface area contributed by atoms with Gasteiger partial charge in [-0.15, -0.1) is 0 Å². The number of nitrogens with zero attached hydrogens (tertiary/aromatic N) is 1. The molecule has 0 aromatic rings. The molecule has 20 heavy (non-hydrogen) atoms. The summed E-state index contributed by atoms with van der Waals surface area (Å²) in [6.45, 7) is 2.36. The summed E-state index contributed by atoms with van der Waals surface area (Å²) in [7, 11) is 3.08. The van der Waals surface area contributed by atoms with Gasteiger partial charge in [0.2, 0.25) is 11.8 Å². The van der Waals surface area contributed by atoms with E-state index in [0.29, 0.717) is 26.3 Å². The van der Waals surface area contributed by atoms with Crippen molar-refractivity contribution in [3.63, 3.8) is 0 Å². The van der Waals surface area contributed by atoms with Crippen molar-refractivity contribution >= 4 is 11.8 Å². The minimum Gasteiger partial charge on any atom is -0.382 e. The van der Waals surface area contributed by atoms with Gasteiger partial charge in [0.1, 0.15) is 13.2 Å². The van der Waals surface area contributed by atoms with Gasteiger partial charge in [-0.05, 0) is 12.8 Å². The second-order valence-electron chi connectivity index (χ2n) is 4.70. The van der Waals surface area contributed by atoms with Crippen LogP contribution >= 0.6 is 0 Å². The molecular formula is C13H24N2O5. The number of methoxy groups -OCH3 is 2. The highest BCUT2D eigenvalue weighted by Crippen LogP contribution is 2.10. The molecule has 0 aromatic heterocycles. The first kappa shape index (κ1) is 16.9. The number of carbonyl (C=O) groups is 2. The molecule has 1 heterocycles. The van der Waals surface area contributed by atoms with Gasteiger partial charge in [-0.2, -0.15) is 0 Å². The summed E-state index contributed by atoms with van der Waals surface area (Å²) in [5.74, 6) is -0.122. The molecule has 7 heteroatoms. The molecule has 1 aliphatic heterocycles. The van der Waals surface area contributed by atoms with Crippen LogP contribution in [0.4, 0.5) is 0 Å². The SMILES string of the molecule is COCCOCC(=O)N1CCC(NC(=O)COC)CC1. The van der Waals surface area contributed by atoms with Crippen molar-refractivity contribution in [2.45, 2.75) is 18.9 Å². The van der Waals surface area contributed by atoms with Crippen LogP contribution in [-0.2, 0) is 23.8 Å². The van der Waals surface area contributed by atoms with Gasteiger partial charge in [0, 0.05) is 33.4 Å². The zero-order valence-electron chi connectivity index (χ0n) is 12.2. The van der Waals surface area contributed by atoms with E-state index in [2.05, 4.69) is 5.32 Å². The Labute approximate surface area is 119 Å². The third-order valence-electron chi connectivity index (χ3n) is 3.15. The average Bonchev–Trinajstić information content (AvgIpc) is 2.44. The van der Waals surface area contributed by atoms with Crippen molar-refractivity contribution in [3.05, 3.63) is 0 Å². The third kappa shape index (κ3) is 6.31. The Balaban J connectivity index is 2.17. The largest absolute Gasteiger partial charge is 0.382 e. The number of ether oxygens (including phenoxy) is 3. The second-order valence-corrected chi connectivity index (χ2v) is 4.70. The fourth-order valence-electron chi connectivity index (χ4n) is 2.07. The van der Waals surface area contributed by atoms with Crippen molar-refractivity contribution < 1.29 is 23.8 Å². The van der Waals surface area contributed by atoms with Crippen LogP contribution in [0.1, 0.15) is 12.8 Å². The molecule has 1 fully saturated rings. The molecule has 1 N–H and O–H groups in total. The lowest BCUT2D eigenvalue weighted by atomic mass is 10.1. The normalized spacial score (nSPS) is 16.2. The Morgan fingerprint density at radius 1 is 1.10 bits per heavy atom. The van der Waals surface area contributed by atoms with Crippen LogP contribution in [0, 0.1) is 0 Å². The van der Waals surface area contributed by atoms with E-state index >= 15 is 0 Å². The minimum atomic E-state index is -0.111. The van der Waals surface area contributed by atoms with Crippen molar-refractivity contribution in [2.75, 3.05) is 53.7 Å². The average molecular weight is 288 g/mol. The Hall–Kier alpha value is -1.18. The summed E-state index contributed by atoms with van der Waals surface area (Å²) in [5, 5.41) is 2.89. The summed E-state index contributed by atoms with van der Waals surface area (Å²) >= 11 is 0. The van der Waals surface area contributed by atoms with Gasteiger partial charge in [0.25, 0.3) is 0 Å². The van der Waals surface area contributed by atoms with Crippen molar-refractivity contribution in [3.8, 4) is 0 Å². The molecule has 7 nitrogen and oxygen atoms in total. The Kier molecular flexibility index (Phi) is 8.17. The Morgan fingerprint density at radius 2 is 1.80 bits per heavy atom. The first-order valence-corrected chi connectivity index (χ1v) is 6.80. The van der Waals surface area contributed by atoms with Gasteiger partial charge < -0.3 is 24.4 Å². The molecule has 0 spiro atoms. The number of carbonyl (C=O) groups excluding carboxylic acids is 2. The van der Waals surface area contributed by atoms with Gasteiger partial charge in [0.15, 0.2) is 0 Å². The summed E-state index contributed by atoms with van der Waals surface area (Å²) in [6.07, 6.45) is 1.53. The maximum atomic E-state index is 11.8. The summed E-state index contributed by atoms with van der Waals surface area (Å²) < 4.78 is 14.8. The standard InChI is InChI=1S/C13H24N2O5/c1-18-7-8-20-10-13(17)15-5-3-11(4-6-15)14-12(16)9-19-2/h11H,3-10H2,1-2H3,(H,14,16). The van der Waals surface area contributed by atoms with E-state index < -0.39 is 0 Å². The van der Waals surface area contributed by atoms with Gasteiger partial charge in [0.05, 0.1) is 13.2 Å². The molecule has 0 aromatic carbocycles. The first-order chi connectivity index (χ1) is 9.67. The van der Waals surface area contributed by atoms with Crippen LogP contribution in [0.25, 0.3) is 0 Å². The predicted octanol–water partition coefficient (Wildman–Crippen LogP) is -0.597. The zero-order valence-corrected chi connectivity index (χ0v) is 12.2. The van der Waals surface area contributed by atoms with E-state index in [0.717, 1.165) is 12.8 Å². The van der Waals surface area contributed by atoms with E-state index in [9.17, 15) is 9.59 Å². The second kappa shape index (κ2) is 9.68. The van der Waals surface area contributed by atoms with Gasteiger partial charge >= 0.3 is 0 Å². The molecule has 0 saturated carbocycles. The molecule has 0 radical (unpaired) electrons. The third-order valence-corrected chi connectivity index (χ3v) is 3.15. The zero-order chi connectivity index (χ0) is 14.8. The lowest BCUT2D eigenvalue weighted by Gasteiger charge is -2.32. The maximum Gasteiger partial charge on any atom is 0.248 e. The molecule has 2 amide bonds. The quantitative estimate of drug-likeness (QED) is 0.604. The number of amides is 2. The van der Waals surface area contributed by atoms with Gasteiger partial charge in [-0.3, -0.25) is 9.59 Å².